The van der Waals surface area contributed by atoms with E-state index in [1.807, 2.05) is 20.8 Å². The summed E-state index contributed by atoms with van der Waals surface area (Å²) in [5.74, 6) is -0.706. The average molecular weight is 342 g/mol. The lowest BCUT2D eigenvalue weighted by Gasteiger charge is -2.15. The molecule has 1 fully saturated rings. The molecular weight excluding hydrogens is 324 g/mol. The largest absolute Gasteiger partial charge is 0.510 e. The number of imide groups is 1. The molecule has 23 heavy (non-hydrogen) atoms. The summed E-state index contributed by atoms with van der Waals surface area (Å²) in [6.07, 6.45) is -2.39. The molecule has 0 aromatic carbocycles. The van der Waals surface area contributed by atoms with E-state index in [0.29, 0.717) is 5.01 Å². The van der Waals surface area contributed by atoms with Gasteiger partial charge in [-0.15, -0.1) is 10.2 Å². The molecule has 0 N–H and O–H groups in total. The van der Waals surface area contributed by atoms with Crippen molar-refractivity contribution < 1.29 is 23.9 Å². The van der Waals surface area contributed by atoms with Crippen molar-refractivity contribution in [2.24, 2.45) is 0 Å². The van der Waals surface area contributed by atoms with Crippen LogP contribution in [-0.4, -0.2) is 53.1 Å². The lowest BCUT2D eigenvalue weighted by molar-refractivity contribution is -0.130. The van der Waals surface area contributed by atoms with Crippen molar-refractivity contribution in [1.29, 1.82) is 0 Å². The van der Waals surface area contributed by atoms with Crippen LogP contribution in [0.1, 0.15) is 32.7 Å². The number of rotatable bonds is 3. The highest BCUT2D eigenvalue weighted by atomic mass is 32.1. The zero-order valence-corrected chi connectivity index (χ0v) is 14.3. The second kappa shape index (κ2) is 6.11. The fourth-order valence-electron chi connectivity index (χ4n) is 1.79. The third kappa shape index (κ3) is 3.26. The smallest absolute Gasteiger partial charge is 0.435 e. The van der Waals surface area contributed by atoms with Crippen molar-refractivity contribution in [3.05, 3.63) is 5.01 Å². The summed E-state index contributed by atoms with van der Waals surface area (Å²) in [5, 5.41) is 8.75. The Hall–Kier alpha value is -2.23. The van der Waals surface area contributed by atoms with Gasteiger partial charge in [-0.25, -0.2) is 9.59 Å². The zero-order valence-electron chi connectivity index (χ0n) is 13.5. The number of ether oxygens (including phenoxy) is 2. The highest BCUT2D eigenvalue weighted by Gasteiger charge is 2.48. The maximum absolute atomic E-state index is 12.4. The predicted molar refractivity (Wildman–Crippen MR) is 81.1 cm³/mol. The molecule has 0 saturated carbocycles. The van der Waals surface area contributed by atoms with Crippen LogP contribution >= 0.6 is 11.3 Å². The van der Waals surface area contributed by atoms with E-state index in [1.54, 1.807) is 6.92 Å². The van der Waals surface area contributed by atoms with Crippen LogP contribution < -0.4 is 4.90 Å². The molecule has 1 saturated heterocycles. The van der Waals surface area contributed by atoms with Crippen LogP contribution in [0, 0.1) is 0 Å². The van der Waals surface area contributed by atoms with Gasteiger partial charge in [0.15, 0.2) is 0 Å². The van der Waals surface area contributed by atoms with Crippen LogP contribution in [0.15, 0.2) is 0 Å². The SMILES string of the molecule is CCOC(=O)OC1C(=O)N(c2nnc(C(C)(C)C)s2)C(=O)N1C. The fourth-order valence-corrected chi connectivity index (χ4v) is 2.69. The molecule has 1 unspecified atom stereocenters. The number of hydrogen-bond donors (Lipinski definition) is 0. The van der Waals surface area contributed by atoms with Crippen molar-refractivity contribution >= 4 is 34.6 Å². The first-order valence-corrected chi connectivity index (χ1v) is 7.76. The number of carbonyl (C=O) groups is 3. The lowest BCUT2D eigenvalue weighted by atomic mass is 9.98. The number of carbonyl (C=O) groups excluding carboxylic acids is 3. The molecule has 0 spiro atoms. The Bertz CT molecular complexity index is 639. The summed E-state index contributed by atoms with van der Waals surface area (Å²) in [6, 6.07) is -0.638. The Labute approximate surface area is 137 Å². The van der Waals surface area contributed by atoms with Crippen molar-refractivity contribution in [1.82, 2.24) is 15.1 Å². The molecule has 1 aromatic rings. The first kappa shape index (κ1) is 17.1. The van der Waals surface area contributed by atoms with E-state index in [2.05, 4.69) is 14.9 Å². The molecular formula is C13H18N4O5S. The third-order valence-corrected chi connectivity index (χ3v) is 4.33. The van der Waals surface area contributed by atoms with Crippen LogP contribution in [0.25, 0.3) is 0 Å². The summed E-state index contributed by atoms with van der Waals surface area (Å²) >= 11 is 1.14. The molecule has 1 aliphatic rings. The molecule has 0 bridgehead atoms. The van der Waals surface area contributed by atoms with E-state index < -0.39 is 24.3 Å². The molecule has 1 aliphatic heterocycles. The van der Waals surface area contributed by atoms with Gasteiger partial charge >= 0.3 is 12.2 Å². The standard InChI is InChI=1S/C13H18N4O5S/c1-6-21-12(20)22-8-7(18)17(11(19)16(8)5)10-15-14-9(23-10)13(2,3)4/h8H,6H2,1-5H3. The first-order valence-electron chi connectivity index (χ1n) is 6.95. The molecule has 0 radical (unpaired) electrons. The number of nitrogens with zero attached hydrogens (tertiary/aromatic N) is 4. The van der Waals surface area contributed by atoms with E-state index in [-0.39, 0.29) is 17.2 Å². The molecule has 1 atom stereocenters. The van der Waals surface area contributed by atoms with Crippen molar-refractivity contribution in [2.75, 3.05) is 18.6 Å². The van der Waals surface area contributed by atoms with Gasteiger partial charge in [-0.3, -0.25) is 9.69 Å². The van der Waals surface area contributed by atoms with Gasteiger partial charge in [0, 0.05) is 12.5 Å². The van der Waals surface area contributed by atoms with Gasteiger partial charge in [0.05, 0.1) is 6.61 Å². The second-order valence-corrected chi connectivity index (χ2v) is 6.82. The summed E-state index contributed by atoms with van der Waals surface area (Å²) in [4.78, 5) is 37.9. The molecule has 1 aromatic heterocycles. The Morgan fingerprint density at radius 3 is 2.48 bits per heavy atom. The number of likely N-dealkylation sites (N-methyl/N-ethyl adjacent to an activating group) is 1. The van der Waals surface area contributed by atoms with Gasteiger partial charge < -0.3 is 9.47 Å². The van der Waals surface area contributed by atoms with E-state index in [0.717, 1.165) is 21.1 Å². The number of anilines is 1. The maximum atomic E-state index is 12.4. The normalized spacial score (nSPS) is 18.6. The zero-order chi connectivity index (χ0) is 17.4. The van der Waals surface area contributed by atoms with Gasteiger partial charge in [-0.1, -0.05) is 32.1 Å². The molecule has 9 nitrogen and oxygen atoms in total. The van der Waals surface area contributed by atoms with Gasteiger partial charge in [-0.05, 0) is 6.92 Å². The minimum atomic E-state index is -1.37. The highest BCUT2D eigenvalue weighted by Crippen LogP contribution is 2.32. The third-order valence-electron chi connectivity index (χ3n) is 2.99. The second-order valence-electron chi connectivity index (χ2n) is 5.86. The lowest BCUT2D eigenvalue weighted by Crippen LogP contribution is -2.36. The summed E-state index contributed by atoms with van der Waals surface area (Å²) in [6.45, 7) is 7.55. The van der Waals surface area contributed by atoms with Crippen LogP contribution in [0.2, 0.25) is 0 Å². The first-order chi connectivity index (χ1) is 10.7. The summed E-state index contributed by atoms with van der Waals surface area (Å²) in [7, 11) is 1.36. The quantitative estimate of drug-likeness (QED) is 0.609. The molecule has 2 heterocycles. The highest BCUT2D eigenvalue weighted by molar-refractivity contribution is 7.15. The van der Waals surface area contributed by atoms with Gasteiger partial charge in [0.25, 0.3) is 12.1 Å². The Kier molecular flexibility index (Phi) is 4.55. The topological polar surface area (TPSA) is 102 Å². The summed E-state index contributed by atoms with van der Waals surface area (Å²) < 4.78 is 9.51. The Morgan fingerprint density at radius 1 is 1.30 bits per heavy atom. The fraction of sp³-hybridized carbons (Fsp3) is 0.615. The van der Waals surface area contributed by atoms with E-state index >= 15 is 0 Å². The predicted octanol–water partition coefficient (Wildman–Crippen LogP) is 1.73. The van der Waals surface area contributed by atoms with Crippen LogP contribution in [-0.2, 0) is 19.7 Å². The molecule has 126 valence electrons. The van der Waals surface area contributed by atoms with Crippen molar-refractivity contribution in [3.8, 4) is 0 Å². The van der Waals surface area contributed by atoms with E-state index in [9.17, 15) is 14.4 Å². The average Bonchev–Trinajstić information content (AvgIpc) is 3.00. The molecule has 0 aliphatic carbocycles. The van der Waals surface area contributed by atoms with Crippen molar-refractivity contribution in [3.63, 3.8) is 0 Å². The van der Waals surface area contributed by atoms with E-state index in [4.69, 9.17) is 4.74 Å². The summed E-state index contributed by atoms with van der Waals surface area (Å²) in [5.41, 5.74) is -0.255. The van der Waals surface area contributed by atoms with Crippen LogP contribution in [0.4, 0.5) is 14.7 Å². The number of urea groups is 1. The van der Waals surface area contributed by atoms with Crippen LogP contribution in [0.5, 0.6) is 0 Å². The maximum Gasteiger partial charge on any atom is 0.510 e. The van der Waals surface area contributed by atoms with Gasteiger partial charge in [0.2, 0.25) is 5.13 Å². The van der Waals surface area contributed by atoms with Crippen molar-refractivity contribution in [2.45, 2.75) is 39.3 Å². The minimum Gasteiger partial charge on any atom is -0.435 e. The Morgan fingerprint density at radius 2 is 1.96 bits per heavy atom. The van der Waals surface area contributed by atoms with Gasteiger partial charge in [-0.2, -0.15) is 4.90 Å². The number of amides is 3. The molecule has 10 heteroatoms. The van der Waals surface area contributed by atoms with Crippen LogP contribution in [0.3, 0.4) is 0 Å². The van der Waals surface area contributed by atoms with E-state index in [1.165, 1.54) is 7.05 Å². The number of hydrogen-bond acceptors (Lipinski definition) is 8. The number of aromatic nitrogens is 2. The Balaban J connectivity index is 2.23. The molecule has 2 rings (SSSR count). The van der Waals surface area contributed by atoms with Gasteiger partial charge in [0.1, 0.15) is 5.01 Å². The minimum absolute atomic E-state index is 0.104. The monoisotopic (exact) mass is 342 g/mol. The molecule has 3 amide bonds.